The van der Waals surface area contributed by atoms with Crippen molar-refractivity contribution < 1.29 is 0 Å². The maximum atomic E-state index is 11.8. The van der Waals surface area contributed by atoms with Crippen LogP contribution in [0.25, 0.3) is 11.1 Å². The van der Waals surface area contributed by atoms with Crippen molar-refractivity contribution in [2.24, 2.45) is 0 Å². The van der Waals surface area contributed by atoms with Gasteiger partial charge in [-0.15, -0.1) is 0 Å². The van der Waals surface area contributed by atoms with Crippen LogP contribution in [0.4, 0.5) is 0 Å². The molecule has 0 saturated carbocycles. The van der Waals surface area contributed by atoms with Crippen LogP contribution in [0.2, 0.25) is 0 Å². The number of fused-ring (bicyclic) bond motifs is 3. The summed E-state index contributed by atoms with van der Waals surface area (Å²) in [5.41, 5.74) is 7.93. The lowest BCUT2D eigenvalue weighted by Crippen LogP contribution is -2.34. The molecule has 0 bridgehead atoms. The van der Waals surface area contributed by atoms with Crippen molar-refractivity contribution in [3.63, 3.8) is 0 Å². The second-order valence-electron chi connectivity index (χ2n) is 8.16. The molecule has 142 valence electrons. The molecule has 3 aromatic rings. The third-order valence-corrected chi connectivity index (χ3v) is 6.07. The fourth-order valence-electron chi connectivity index (χ4n) is 4.81. The fraction of sp³-hybridized carbons (Fsp3) is 0.333. The highest BCUT2D eigenvalue weighted by atomic mass is 16.1. The van der Waals surface area contributed by atoms with E-state index in [1.54, 1.807) is 6.07 Å². The minimum atomic E-state index is -0.0437. The number of benzene rings is 2. The molecule has 1 fully saturated rings. The Kier molecular flexibility index (Phi) is 4.36. The normalized spacial score (nSPS) is 18.7. The highest BCUT2D eigenvalue weighted by molar-refractivity contribution is 5.76. The van der Waals surface area contributed by atoms with Gasteiger partial charge in [-0.3, -0.25) is 9.69 Å². The number of aromatic amines is 1. The van der Waals surface area contributed by atoms with E-state index in [4.69, 9.17) is 0 Å². The van der Waals surface area contributed by atoms with Crippen LogP contribution in [0.15, 0.2) is 53.3 Å². The molecule has 2 heterocycles. The van der Waals surface area contributed by atoms with E-state index in [0.717, 1.165) is 44.6 Å². The first-order valence-corrected chi connectivity index (χ1v) is 10.2. The van der Waals surface area contributed by atoms with Crippen molar-refractivity contribution in [3.05, 3.63) is 87.1 Å². The van der Waals surface area contributed by atoms with Crippen LogP contribution >= 0.6 is 0 Å². The second-order valence-corrected chi connectivity index (χ2v) is 8.16. The summed E-state index contributed by atoms with van der Waals surface area (Å²) in [6, 6.07) is 17.3. The van der Waals surface area contributed by atoms with Gasteiger partial charge in [0.1, 0.15) is 5.82 Å². The van der Waals surface area contributed by atoms with Crippen LogP contribution in [0.3, 0.4) is 0 Å². The van der Waals surface area contributed by atoms with Crippen LogP contribution in [0.1, 0.15) is 47.0 Å². The van der Waals surface area contributed by atoms with Gasteiger partial charge in [0.05, 0.1) is 5.69 Å². The summed E-state index contributed by atoms with van der Waals surface area (Å²) in [4.78, 5) is 21.7. The van der Waals surface area contributed by atoms with Crippen molar-refractivity contribution >= 4 is 0 Å². The number of hydrogen-bond acceptors (Lipinski definition) is 3. The number of hydrogen-bond donors (Lipinski definition) is 1. The van der Waals surface area contributed by atoms with Crippen LogP contribution in [-0.2, 0) is 13.0 Å². The summed E-state index contributed by atoms with van der Waals surface area (Å²) in [6.07, 6.45) is 3.29. The first kappa shape index (κ1) is 17.4. The summed E-state index contributed by atoms with van der Waals surface area (Å²) in [6.45, 7) is 4.89. The Labute approximate surface area is 165 Å². The number of aryl methyl sites for hydroxylation is 1. The first-order valence-electron chi connectivity index (χ1n) is 10.2. The van der Waals surface area contributed by atoms with Crippen LogP contribution in [0, 0.1) is 6.92 Å². The van der Waals surface area contributed by atoms with E-state index in [2.05, 4.69) is 57.3 Å². The smallest absolute Gasteiger partial charge is 0.251 e. The third-order valence-electron chi connectivity index (χ3n) is 6.07. The Balaban J connectivity index is 1.33. The molecular weight excluding hydrogens is 346 g/mol. The standard InChI is InChI=1S/C24H25N3O/c1-16-25-23(13-24(28)26-16)19-6-4-10-27(15-19)14-17-8-9-22-20(11-17)12-18-5-2-3-7-21(18)22/h2-3,5,7-9,11,13,19H,4,6,10,12,14-15H2,1H3,(H,25,26,28)/t19-/m0/s1. The lowest BCUT2D eigenvalue weighted by molar-refractivity contribution is 0.198. The predicted molar refractivity (Wildman–Crippen MR) is 112 cm³/mol. The number of nitrogens with zero attached hydrogens (tertiary/aromatic N) is 2. The molecule has 1 atom stereocenters. The zero-order valence-electron chi connectivity index (χ0n) is 16.2. The minimum absolute atomic E-state index is 0.0437. The monoisotopic (exact) mass is 371 g/mol. The van der Waals surface area contributed by atoms with Crippen molar-refractivity contribution in [2.75, 3.05) is 13.1 Å². The SMILES string of the molecule is Cc1nc([C@H]2CCCN(Cc3ccc4c(c3)Cc3ccccc3-4)C2)cc(=O)[nH]1. The van der Waals surface area contributed by atoms with Crippen molar-refractivity contribution in [2.45, 2.75) is 38.6 Å². The molecule has 1 N–H and O–H groups in total. The summed E-state index contributed by atoms with van der Waals surface area (Å²) in [5.74, 6) is 1.05. The zero-order valence-corrected chi connectivity index (χ0v) is 16.2. The number of aromatic nitrogens is 2. The average molecular weight is 371 g/mol. The predicted octanol–water partition coefficient (Wildman–Crippen LogP) is 4.03. The summed E-state index contributed by atoms with van der Waals surface area (Å²) >= 11 is 0. The maximum Gasteiger partial charge on any atom is 0.251 e. The van der Waals surface area contributed by atoms with E-state index in [-0.39, 0.29) is 5.56 Å². The molecule has 1 aromatic heterocycles. The van der Waals surface area contributed by atoms with E-state index in [0.29, 0.717) is 11.7 Å². The second kappa shape index (κ2) is 7.02. The summed E-state index contributed by atoms with van der Waals surface area (Å²) in [5, 5.41) is 0. The Hall–Kier alpha value is -2.72. The average Bonchev–Trinajstić information content (AvgIpc) is 3.05. The lowest BCUT2D eigenvalue weighted by Gasteiger charge is -2.32. The van der Waals surface area contributed by atoms with E-state index < -0.39 is 0 Å². The molecule has 0 unspecified atom stereocenters. The van der Waals surface area contributed by atoms with Gasteiger partial charge in [0.15, 0.2) is 0 Å². The number of nitrogens with one attached hydrogen (secondary N) is 1. The molecule has 4 heteroatoms. The van der Waals surface area contributed by atoms with Crippen LogP contribution in [-0.4, -0.2) is 28.0 Å². The van der Waals surface area contributed by atoms with E-state index in [1.165, 1.54) is 27.8 Å². The quantitative estimate of drug-likeness (QED) is 0.591. The molecule has 5 rings (SSSR count). The Morgan fingerprint density at radius 1 is 1.11 bits per heavy atom. The summed E-state index contributed by atoms with van der Waals surface area (Å²) < 4.78 is 0. The Morgan fingerprint density at radius 2 is 1.96 bits per heavy atom. The number of H-pyrrole nitrogens is 1. The van der Waals surface area contributed by atoms with Gasteiger partial charge < -0.3 is 4.98 Å². The topological polar surface area (TPSA) is 49.0 Å². The van der Waals surface area contributed by atoms with Gasteiger partial charge in [0.2, 0.25) is 0 Å². The number of rotatable bonds is 3. The minimum Gasteiger partial charge on any atom is -0.311 e. The summed E-state index contributed by atoms with van der Waals surface area (Å²) in [7, 11) is 0. The molecule has 2 aromatic carbocycles. The molecule has 1 aliphatic carbocycles. The van der Waals surface area contributed by atoms with Crippen molar-refractivity contribution in [1.82, 2.24) is 14.9 Å². The molecule has 0 radical (unpaired) electrons. The molecule has 0 spiro atoms. The highest BCUT2D eigenvalue weighted by Gasteiger charge is 2.24. The zero-order chi connectivity index (χ0) is 19.1. The third kappa shape index (κ3) is 3.29. The lowest BCUT2D eigenvalue weighted by atomic mass is 9.94. The number of piperidine rings is 1. The van der Waals surface area contributed by atoms with Gasteiger partial charge in [-0.05, 0) is 60.5 Å². The van der Waals surface area contributed by atoms with Gasteiger partial charge in [0, 0.05) is 25.1 Å². The van der Waals surface area contributed by atoms with Gasteiger partial charge in [-0.1, -0.05) is 42.5 Å². The fourth-order valence-corrected chi connectivity index (χ4v) is 4.81. The van der Waals surface area contributed by atoms with E-state index in [1.807, 2.05) is 6.92 Å². The van der Waals surface area contributed by atoms with E-state index in [9.17, 15) is 4.79 Å². The van der Waals surface area contributed by atoms with Crippen molar-refractivity contribution in [1.29, 1.82) is 0 Å². The van der Waals surface area contributed by atoms with Crippen LogP contribution < -0.4 is 5.56 Å². The van der Waals surface area contributed by atoms with Crippen LogP contribution in [0.5, 0.6) is 0 Å². The highest BCUT2D eigenvalue weighted by Crippen LogP contribution is 2.37. The number of likely N-dealkylation sites (tertiary alicyclic amines) is 1. The van der Waals surface area contributed by atoms with E-state index >= 15 is 0 Å². The molecular formula is C24H25N3O. The molecule has 0 amide bonds. The van der Waals surface area contributed by atoms with Crippen molar-refractivity contribution in [3.8, 4) is 11.1 Å². The maximum absolute atomic E-state index is 11.8. The van der Waals surface area contributed by atoms with Gasteiger partial charge >= 0.3 is 0 Å². The molecule has 4 nitrogen and oxygen atoms in total. The largest absolute Gasteiger partial charge is 0.311 e. The Bertz CT molecular complexity index is 1090. The Morgan fingerprint density at radius 3 is 2.86 bits per heavy atom. The molecule has 1 saturated heterocycles. The molecule has 2 aliphatic rings. The molecule has 1 aliphatic heterocycles. The molecule has 28 heavy (non-hydrogen) atoms. The first-order chi connectivity index (χ1) is 13.7. The van der Waals surface area contributed by atoms with Gasteiger partial charge in [-0.25, -0.2) is 4.98 Å². The van der Waals surface area contributed by atoms with Gasteiger partial charge in [-0.2, -0.15) is 0 Å². The van der Waals surface area contributed by atoms with Gasteiger partial charge in [0.25, 0.3) is 5.56 Å².